The van der Waals surface area contributed by atoms with Crippen molar-refractivity contribution in [2.24, 2.45) is 5.92 Å². The van der Waals surface area contributed by atoms with Gasteiger partial charge in [0.15, 0.2) is 0 Å². The Balaban J connectivity index is 1.97. The predicted molar refractivity (Wildman–Crippen MR) is 76.4 cm³/mol. The SMILES string of the molecule is CC(C)c1ccc(C(=O)N(C)CC2CCOC2)cc1. The summed E-state index contributed by atoms with van der Waals surface area (Å²) in [7, 11) is 1.87. The molecule has 1 fully saturated rings. The summed E-state index contributed by atoms with van der Waals surface area (Å²) >= 11 is 0. The zero-order chi connectivity index (χ0) is 13.8. The Hall–Kier alpha value is -1.35. The molecule has 104 valence electrons. The lowest BCUT2D eigenvalue weighted by Gasteiger charge is -2.20. The number of rotatable bonds is 4. The van der Waals surface area contributed by atoms with Crippen LogP contribution in [-0.4, -0.2) is 37.6 Å². The predicted octanol–water partition coefficient (Wildman–Crippen LogP) is 2.92. The fraction of sp³-hybridized carbons (Fsp3) is 0.562. The average molecular weight is 261 g/mol. The van der Waals surface area contributed by atoms with Crippen LogP contribution in [0.4, 0.5) is 0 Å². The molecule has 3 nitrogen and oxygen atoms in total. The van der Waals surface area contributed by atoms with E-state index in [0.717, 1.165) is 31.7 Å². The fourth-order valence-electron chi connectivity index (χ4n) is 2.43. The molecule has 1 saturated heterocycles. The largest absolute Gasteiger partial charge is 0.381 e. The Kier molecular flexibility index (Phi) is 4.59. The van der Waals surface area contributed by atoms with Crippen LogP contribution in [0.3, 0.4) is 0 Å². The van der Waals surface area contributed by atoms with Crippen molar-refractivity contribution in [2.75, 3.05) is 26.8 Å². The van der Waals surface area contributed by atoms with E-state index in [0.29, 0.717) is 11.8 Å². The molecule has 1 unspecified atom stereocenters. The molecular formula is C16H23NO2. The molecule has 2 rings (SSSR count). The van der Waals surface area contributed by atoms with Crippen LogP contribution < -0.4 is 0 Å². The van der Waals surface area contributed by atoms with Gasteiger partial charge in [0.25, 0.3) is 5.91 Å². The van der Waals surface area contributed by atoms with Gasteiger partial charge in [-0.3, -0.25) is 4.79 Å². The van der Waals surface area contributed by atoms with Crippen molar-refractivity contribution in [1.29, 1.82) is 0 Å². The van der Waals surface area contributed by atoms with Crippen molar-refractivity contribution < 1.29 is 9.53 Å². The summed E-state index contributed by atoms with van der Waals surface area (Å²) in [4.78, 5) is 14.1. The summed E-state index contributed by atoms with van der Waals surface area (Å²) in [5.41, 5.74) is 2.04. The number of carbonyl (C=O) groups is 1. The second-order valence-corrected chi connectivity index (χ2v) is 5.69. The number of benzene rings is 1. The minimum absolute atomic E-state index is 0.0993. The molecule has 0 saturated carbocycles. The highest BCUT2D eigenvalue weighted by Gasteiger charge is 2.20. The number of hydrogen-bond acceptors (Lipinski definition) is 2. The number of carbonyl (C=O) groups excluding carboxylic acids is 1. The van der Waals surface area contributed by atoms with Crippen LogP contribution in [0.5, 0.6) is 0 Å². The summed E-state index contributed by atoms with van der Waals surface area (Å²) < 4.78 is 5.35. The van der Waals surface area contributed by atoms with Crippen molar-refractivity contribution in [1.82, 2.24) is 4.90 Å². The summed E-state index contributed by atoms with van der Waals surface area (Å²) in [6.45, 7) is 6.70. The van der Waals surface area contributed by atoms with Gasteiger partial charge in [-0.05, 0) is 30.0 Å². The molecule has 0 spiro atoms. The Morgan fingerprint density at radius 3 is 2.58 bits per heavy atom. The van der Waals surface area contributed by atoms with Gasteiger partial charge >= 0.3 is 0 Å². The standard InChI is InChI=1S/C16H23NO2/c1-12(2)14-4-6-15(7-5-14)16(18)17(3)10-13-8-9-19-11-13/h4-7,12-13H,8-11H2,1-3H3. The monoisotopic (exact) mass is 261 g/mol. The topological polar surface area (TPSA) is 29.5 Å². The number of amides is 1. The fourth-order valence-corrected chi connectivity index (χ4v) is 2.43. The summed E-state index contributed by atoms with van der Waals surface area (Å²) in [5.74, 6) is 1.09. The molecule has 1 atom stereocenters. The van der Waals surface area contributed by atoms with Crippen molar-refractivity contribution in [2.45, 2.75) is 26.2 Å². The van der Waals surface area contributed by atoms with E-state index < -0.39 is 0 Å². The van der Waals surface area contributed by atoms with Gasteiger partial charge in [0.05, 0.1) is 6.61 Å². The van der Waals surface area contributed by atoms with Crippen molar-refractivity contribution in [3.8, 4) is 0 Å². The smallest absolute Gasteiger partial charge is 0.253 e. The van der Waals surface area contributed by atoms with Crippen LogP contribution in [0.25, 0.3) is 0 Å². The highest BCUT2D eigenvalue weighted by Crippen LogP contribution is 2.17. The first-order valence-corrected chi connectivity index (χ1v) is 7.01. The van der Waals surface area contributed by atoms with Gasteiger partial charge in [0, 0.05) is 31.7 Å². The Bertz CT molecular complexity index is 419. The van der Waals surface area contributed by atoms with Gasteiger partial charge in [0.1, 0.15) is 0 Å². The van der Waals surface area contributed by atoms with Crippen LogP contribution in [0.15, 0.2) is 24.3 Å². The van der Waals surface area contributed by atoms with Crippen molar-refractivity contribution >= 4 is 5.91 Å². The van der Waals surface area contributed by atoms with E-state index >= 15 is 0 Å². The molecule has 1 amide bonds. The molecule has 1 aliphatic heterocycles. The second kappa shape index (κ2) is 6.20. The first-order chi connectivity index (χ1) is 9.08. The summed E-state index contributed by atoms with van der Waals surface area (Å²) in [5, 5.41) is 0. The van der Waals surface area contributed by atoms with Crippen LogP contribution >= 0.6 is 0 Å². The van der Waals surface area contributed by atoms with Crippen molar-refractivity contribution in [3.05, 3.63) is 35.4 Å². The number of hydrogen-bond donors (Lipinski definition) is 0. The first-order valence-electron chi connectivity index (χ1n) is 7.01. The molecule has 3 heteroatoms. The van der Waals surface area contributed by atoms with Crippen LogP contribution in [0, 0.1) is 5.92 Å². The molecule has 1 aromatic rings. The third kappa shape index (κ3) is 3.57. The van der Waals surface area contributed by atoms with Crippen LogP contribution in [0.2, 0.25) is 0 Å². The van der Waals surface area contributed by atoms with E-state index in [1.807, 2.05) is 36.2 Å². The first kappa shape index (κ1) is 14.1. The lowest BCUT2D eigenvalue weighted by Crippen LogP contribution is -2.32. The molecule has 0 radical (unpaired) electrons. The second-order valence-electron chi connectivity index (χ2n) is 5.69. The minimum Gasteiger partial charge on any atom is -0.381 e. The third-order valence-corrected chi connectivity index (χ3v) is 3.73. The Morgan fingerprint density at radius 1 is 1.37 bits per heavy atom. The highest BCUT2D eigenvalue weighted by molar-refractivity contribution is 5.94. The maximum Gasteiger partial charge on any atom is 0.253 e. The lowest BCUT2D eigenvalue weighted by molar-refractivity contribution is 0.0766. The van der Waals surface area contributed by atoms with Gasteiger partial charge in [-0.2, -0.15) is 0 Å². The third-order valence-electron chi connectivity index (χ3n) is 3.73. The minimum atomic E-state index is 0.0993. The van der Waals surface area contributed by atoms with Gasteiger partial charge in [-0.15, -0.1) is 0 Å². The quantitative estimate of drug-likeness (QED) is 0.834. The molecule has 1 heterocycles. The van der Waals surface area contributed by atoms with Gasteiger partial charge in [-0.1, -0.05) is 26.0 Å². The van der Waals surface area contributed by atoms with E-state index in [1.54, 1.807) is 0 Å². The maximum absolute atomic E-state index is 12.3. The molecule has 1 aromatic carbocycles. The average Bonchev–Trinajstić information content (AvgIpc) is 2.90. The molecule has 0 aromatic heterocycles. The normalized spacial score (nSPS) is 18.8. The Labute approximate surface area is 115 Å². The summed E-state index contributed by atoms with van der Waals surface area (Å²) in [6, 6.07) is 7.95. The zero-order valence-corrected chi connectivity index (χ0v) is 12.1. The maximum atomic E-state index is 12.3. The molecular weight excluding hydrogens is 238 g/mol. The Morgan fingerprint density at radius 2 is 2.05 bits per heavy atom. The lowest BCUT2D eigenvalue weighted by atomic mass is 10.0. The molecule has 0 N–H and O–H groups in total. The molecule has 1 aliphatic rings. The van der Waals surface area contributed by atoms with E-state index in [1.165, 1.54) is 5.56 Å². The van der Waals surface area contributed by atoms with Crippen LogP contribution in [-0.2, 0) is 4.74 Å². The molecule has 19 heavy (non-hydrogen) atoms. The van der Waals surface area contributed by atoms with Crippen LogP contribution in [0.1, 0.15) is 42.1 Å². The van der Waals surface area contributed by atoms with E-state index in [4.69, 9.17) is 4.74 Å². The molecule has 0 aliphatic carbocycles. The zero-order valence-electron chi connectivity index (χ0n) is 12.1. The number of nitrogens with zero attached hydrogens (tertiary/aromatic N) is 1. The number of ether oxygens (including phenoxy) is 1. The molecule has 0 bridgehead atoms. The van der Waals surface area contributed by atoms with Gasteiger partial charge in [-0.25, -0.2) is 0 Å². The van der Waals surface area contributed by atoms with E-state index in [-0.39, 0.29) is 5.91 Å². The summed E-state index contributed by atoms with van der Waals surface area (Å²) in [6.07, 6.45) is 1.06. The van der Waals surface area contributed by atoms with E-state index in [2.05, 4.69) is 13.8 Å². The van der Waals surface area contributed by atoms with E-state index in [9.17, 15) is 4.79 Å². The van der Waals surface area contributed by atoms with Crippen molar-refractivity contribution in [3.63, 3.8) is 0 Å². The highest BCUT2D eigenvalue weighted by atomic mass is 16.5. The van der Waals surface area contributed by atoms with Gasteiger partial charge < -0.3 is 9.64 Å². The van der Waals surface area contributed by atoms with Gasteiger partial charge in [0.2, 0.25) is 0 Å².